The zero-order chi connectivity index (χ0) is 14.8. The van der Waals surface area contributed by atoms with Crippen molar-refractivity contribution >= 4 is 6.09 Å². The van der Waals surface area contributed by atoms with Crippen molar-refractivity contribution in [2.75, 3.05) is 45.9 Å². The van der Waals surface area contributed by atoms with Crippen LogP contribution < -0.4 is 5.73 Å². The Bertz CT molecular complexity index is 337. The first-order valence-corrected chi connectivity index (χ1v) is 7.40. The van der Waals surface area contributed by atoms with E-state index >= 15 is 0 Å². The minimum absolute atomic E-state index is 0.230. The van der Waals surface area contributed by atoms with E-state index < -0.39 is 5.60 Å². The SMILES string of the molecule is CC(C)(C)OC(=O)N1C[C@@H](CN)[C@H](N2CCOCC2)C1. The van der Waals surface area contributed by atoms with E-state index in [0.717, 1.165) is 26.3 Å². The van der Waals surface area contributed by atoms with Crippen LogP contribution in [0.1, 0.15) is 20.8 Å². The Hall–Kier alpha value is -0.850. The summed E-state index contributed by atoms with van der Waals surface area (Å²) in [6.07, 6.45) is -0.230. The van der Waals surface area contributed by atoms with Gasteiger partial charge in [-0.25, -0.2) is 4.79 Å². The van der Waals surface area contributed by atoms with E-state index in [9.17, 15) is 4.79 Å². The van der Waals surface area contributed by atoms with Crippen molar-refractivity contribution in [3.05, 3.63) is 0 Å². The molecule has 0 bridgehead atoms. The molecule has 0 aliphatic carbocycles. The second kappa shape index (κ2) is 6.28. The Morgan fingerprint density at radius 2 is 1.95 bits per heavy atom. The number of nitrogens with zero attached hydrogens (tertiary/aromatic N) is 2. The lowest BCUT2D eigenvalue weighted by Crippen LogP contribution is -2.48. The fourth-order valence-corrected chi connectivity index (χ4v) is 2.88. The molecule has 6 nitrogen and oxygen atoms in total. The molecule has 0 aromatic carbocycles. The molecule has 2 heterocycles. The molecular formula is C14H27N3O3. The minimum Gasteiger partial charge on any atom is -0.444 e. The number of ether oxygens (including phenoxy) is 2. The maximum absolute atomic E-state index is 12.2. The number of morpholine rings is 1. The van der Waals surface area contributed by atoms with E-state index in [1.165, 1.54) is 0 Å². The van der Waals surface area contributed by atoms with E-state index in [1.54, 1.807) is 4.90 Å². The summed E-state index contributed by atoms with van der Waals surface area (Å²) in [6.45, 7) is 11.0. The van der Waals surface area contributed by atoms with Crippen LogP contribution in [-0.4, -0.2) is 73.5 Å². The fourth-order valence-electron chi connectivity index (χ4n) is 2.88. The zero-order valence-electron chi connectivity index (χ0n) is 12.8. The van der Waals surface area contributed by atoms with Crippen molar-refractivity contribution in [2.45, 2.75) is 32.4 Å². The molecule has 2 fully saturated rings. The Kier molecular flexibility index (Phi) is 4.88. The Labute approximate surface area is 121 Å². The first-order valence-electron chi connectivity index (χ1n) is 7.40. The van der Waals surface area contributed by atoms with Crippen molar-refractivity contribution in [3.8, 4) is 0 Å². The maximum atomic E-state index is 12.2. The summed E-state index contributed by atoms with van der Waals surface area (Å²) in [6, 6.07) is 0.330. The third-order valence-electron chi connectivity index (χ3n) is 3.88. The summed E-state index contributed by atoms with van der Waals surface area (Å²) in [5.41, 5.74) is 5.43. The third-order valence-corrected chi connectivity index (χ3v) is 3.88. The van der Waals surface area contributed by atoms with E-state index in [1.807, 2.05) is 20.8 Å². The molecule has 0 unspecified atom stereocenters. The highest BCUT2D eigenvalue weighted by Crippen LogP contribution is 2.24. The minimum atomic E-state index is -0.452. The molecule has 0 saturated carbocycles. The van der Waals surface area contributed by atoms with Crippen molar-refractivity contribution in [1.82, 2.24) is 9.80 Å². The third kappa shape index (κ3) is 3.84. The van der Waals surface area contributed by atoms with Gasteiger partial charge < -0.3 is 20.1 Å². The highest BCUT2D eigenvalue weighted by Gasteiger charge is 2.39. The van der Waals surface area contributed by atoms with Crippen molar-refractivity contribution in [3.63, 3.8) is 0 Å². The van der Waals surface area contributed by atoms with Crippen LogP contribution in [0.25, 0.3) is 0 Å². The summed E-state index contributed by atoms with van der Waals surface area (Å²) in [5, 5.41) is 0. The van der Waals surface area contributed by atoms with E-state index in [-0.39, 0.29) is 6.09 Å². The van der Waals surface area contributed by atoms with Gasteiger partial charge in [-0.05, 0) is 27.3 Å². The second-order valence-electron chi connectivity index (χ2n) is 6.60. The maximum Gasteiger partial charge on any atom is 0.410 e. The first-order chi connectivity index (χ1) is 9.40. The number of likely N-dealkylation sites (tertiary alicyclic amines) is 1. The molecule has 0 aromatic heterocycles. The number of carbonyl (C=O) groups is 1. The smallest absolute Gasteiger partial charge is 0.410 e. The van der Waals surface area contributed by atoms with Crippen LogP contribution in [0, 0.1) is 5.92 Å². The lowest BCUT2D eigenvalue weighted by Gasteiger charge is -2.34. The zero-order valence-corrected chi connectivity index (χ0v) is 12.8. The molecule has 6 heteroatoms. The van der Waals surface area contributed by atoms with Gasteiger partial charge in [0.25, 0.3) is 0 Å². The van der Waals surface area contributed by atoms with Gasteiger partial charge in [0.05, 0.1) is 13.2 Å². The average Bonchev–Trinajstić information content (AvgIpc) is 2.82. The summed E-state index contributed by atoms with van der Waals surface area (Å²) < 4.78 is 10.8. The molecule has 20 heavy (non-hydrogen) atoms. The van der Waals surface area contributed by atoms with E-state index in [4.69, 9.17) is 15.2 Å². The Morgan fingerprint density at radius 3 is 2.50 bits per heavy atom. The van der Waals surface area contributed by atoms with Gasteiger partial charge in [-0.2, -0.15) is 0 Å². The largest absolute Gasteiger partial charge is 0.444 e. The molecule has 2 aliphatic rings. The van der Waals surface area contributed by atoms with E-state index in [0.29, 0.717) is 31.6 Å². The van der Waals surface area contributed by atoms with Crippen molar-refractivity contribution in [1.29, 1.82) is 0 Å². The van der Waals surface area contributed by atoms with Crippen LogP contribution in [0.4, 0.5) is 4.79 Å². The summed E-state index contributed by atoms with van der Waals surface area (Å²) in [4.78, 5) is 16.4. The lowest BCUT2D eigenvalue weighted by molar-refractivity contribution is 0.00846. The molecule has 2 aliphatic heterocycles. The standard InChI is InChI=1S/C14H27N3O3/c1-14(2,3)20-13(18)17-9-11(8-15)12(10-17)16-4-6-19-7-5-16/h11-12H,4-10,15H2,1-3H3/t11-,12-/m1/s1. The number of amides is 1. The van der Waals surface area contributed by atoms with Gasteiger partial charge in [-0.3, -0.25) is 4.90 Å². The second-order valence-corrected chi connectivity index (χ2v) is 6.60. The number of rotatable bonds is 2. The van der Waals surface area contributed by atoms with Crippen LogP contribution in [0.15, 0.2) is 0 Å². The average molecular weight is 285 g/mol. The Morgan fingerprint density at radius 1 is 1.30 bits per heavy atom. The molecule has 2 atom stereocenters. The van der Waals surface area contributed by atoms with Crippen LogP contribution in [0.2, 0.25) is 0 Å². The molecule has 2 rings (SSSR count). The number of hydrogen-bond acceptors (Lipinski definition) is 5. The summed E-state index contributed by atoms with van der Waals surface area (Å²) in [5.74, 6) is 0.320. The molecule has 0 aromatic rings. The predicted molar refractivity (Wildman–Crippen MR) is 76.5 cm³/mol. The van der Waals surface area contributed by atoms with Gasteiger partial charge >= 0.3 is 6.09 Å². The molecule has 0 radical (unpaired) electrons. The monoisotopic (exact) mass is 285 g/mol. The van der Waals surface area contributed by atoms with Crippen molar-refractivity contribution < 1.29 is 14.3 Å². The van der Waals surface area contributed by atoms with Gasteiger partial charge in [0, 0.05) is 38.1 Å². The molecule has 2 saturated heterocycles. The lowest BCUT2D eigenvalue weighted by atomic mass is 10.0. The highest BCUT2D eigenvalue weighted by atomic mass is 16.6. The van der Waals surface area contributed by atoms with Crippen LogP contribution in [-0.2, 0) is 9.47 Å². The fraction of sp³-hybridized carbons (Fsp3) is 0.929. The number of carbonyl (C=O) groups excluding carboxylic acids is 1. The molecule has 116 valence electrons. The van der Waals surface area contributed by atoms with E-state index in [2.05, 4.69) is 4.90 Å². The summed E-state index contributed by atoms with van der Waals surface area (Å²) in [7, 11) is 0. The van der Waals surface area contributed by atoms with Crippen LogP contribution >= 0.6 is 0 Å². The summed E-state index contributed by atoms with van der Waals surface area (Å²) >= 11 is 0. The van der Waals surface area contributed by atoms with Crippen LogP contribution in [0.3, 0.4) is 0 Å². The molecule has 1 amide bonds. The van der Waals surface area contributed by atoms with Gasteiger partial charge in [-0.15, -0.1) is 0 Å². The van der Waals surface area contributed by atoms with Gasteiger partial charge in [0.1, 0.15) is 5.60 Å². The molecule has 0 spiro atoms. The quantitative estimate of drug-likeness (QED) is 0.801. The topological polar surface area (TPSA) is 68.0 Å². The Balaban J connectivity index is 1.96. The van der Waals surface area contributed by atoms with Gasteiger partial charge in [0.15, 0.2) is 0 Å². The predicted octanol–water partition coefficient (Wildman–Crippen LogP) is 0.513. The molecule has 2 N–H and O–H groups in total. The van der Waals surface area contributed by atoms with Crippen molar-refractivity contribution in [2.24, 2.45) is 11.7 Å². The number of hydrogen-bond donors (Lipinski definition) is 1. The normalized spacial score (nSPS) is 28.7. The number of nitrogens with two attached hydrogens (primary N) is 1. The molecular weight excluding hydrogens is 258 g/mol. The van der Waals surface area contributed by atoms with Gasteiger partial charge in [0.2, 0.25) is 0 Å². The van der Waals surface area contributed by atoms with Gasteiger partial charge in [-0.1, -0.05) is 0 Å². The highest BCUT2D eigenvalue weighted by molar-refractivity contribution is 5.68. The first kappa shape index (κ1) is 15.5. The van der Waals surface area contributed by atoms with Crippen LogP contribution in [0.5, 0.6) is 0 Å².